The minimum Gasteiger partial charge on any atom is -0.456 e. The van der Waals surface area contributed by atoms with E-state index in [-0.39, 0.29) is 10.6 Å². The van der Waals surface area contributed by atoms with E-state index in [4.69, 9.17) is 4.74 Å². The van der Waals surface area contributed by atoms with Crippen molar-refractivity contribution in [1.29, 1.82) is 0 Å². The molecular formula is C21H28O4S. The zero-order valence-electron chi connectivity index (χ0n) is 15.4. The summed E-state index contributed by atoms with van der Waals surface area (Å²) in [6, 6.07) is 13.9. The third-order valence-corrected chi connectivity index (χ3v) is 5.20. The molecule has 0 heterocycles. The summed E-state index contributed by atoms with van der Waals surface area (Å²) in [5.74, 6) is 0.666. The van der Waals surface area contributed by atoms with Crippen LogP contribution in [0.15, 0.2) is 53.4 Å². The topological polar surface area (TPSA) is 63.6 Å². The fourth-order valence-electron chi connectivity index (χ4n) is 2.90. The lowest BCUT2D eigenvalue weighted by molar-refractivity contribution is 0.449. The first kappa shape index (κ1) is 20.5. The molecule has 0 saturated heterocycles. The summed E-state index contributed by atoms with van der Waals surface area (Å²) in [5.41, 5.74) is 0.895. The summed E-state index contributed by atoms with van der Waals surface area (Å²) in [5, 5.41) is 0. The van der Waals surface area contributed by atoms with Crippen molar-refractivity contribution in [3.63, 3.8) is 0 Å². The largest absolute Gasteiger partial charge is 0.456 e. The molecule has 0 aliphatic carbocycles. The van der Waals surface area contributed by atoms with E-state index in [1.165, 1.54) is 38.2 Å². The van der Waals surface area contributed by atoms with Gasteiger partial charge in [-0.1, -0.05) is 69.7 Å². The molecule has 0 aliphatic rings. The van der Waals surface area contributed by atoms with E-state index in [1.807, 2.05) is 12.1 Å². The molecule has 4 nitrogen and oxygen atoms in total. The summed E-state index contributed by atoms with van der Waals surface area (Å²) >= 11 is 0. The lowest BCUT2D eigenvalue weighted by atomic mass is 10.0. The highest BCUT2D eigenvalue weighted by Crippen LogP contribution is 2.30. The van der Waals surface area contributed by atoms with E-state index in [0.717, 1.165) is 24.8 Å². The second-order valence-electron chi connectivity index (χ2n) is 6.54. The van der Waals surface area contributed by atoms with Crippen molar-refractivity contribution in [2.75, 3.05) is 0 Å². The van der Waals surface area contributed by atoms with Gasteiger partial charge in [-0.25, -0.2) is 0 Å². The average Bonchev–Trinajstić information content (AvgIpc) is 2.62. The van der Waals surface area contributed by atoms with Gasteiger partial charge in [-0.05, 0) is 42.7 Å². The predicted molar refractivity (Wildman–Crippen MR) is 104 cm³/mol. The monoisotopic (exact) mass is 376 g/mol. The van der Waals surface area contributed by atoms with E-state index >= 15 is 0 Å². The smallest absolute Gasteiger partial charge is 0.298 e. The van der Waals surface area contributed by atoms with Gasteiger partial charge in [0.15, 0.2) is 0 Å². The Bertz CT molecular complexity index is 770. The van der Waals surface area contributed by atoms with E-state index in [2.05, 4.69) is 6.92 Å². The van der Waals surface area contributed by atoms with Gasteiger partial charge in [0.2, 0.25) is 0 Å². The number of unbranched alkanes of at least 4 members (excludes halogenated alkanes) is 6. The Morgan fingerprint density at radius 3 is 2.19 bits per heavy atom. The molecule has 26 heavy (non-hydrogen) atoms. The van der Waals surface area contributed by atoms with Crippen molar-refractivity contribution in [1.82, 2.24) is 0 Å². The third-order valence-electron chi connectivity index (χ3n) is 4.33. The molecule has 142 valence electrons. The van der Waals surface area contributed by atoms with Crippen LogP contribution in [-0.2, 0) is 16.5 Å². The molecule has 2 rings (SSSR count). The second kappa shape index (κ2) is 10.3. The van der Waals surface area contributed by atoms with Crippen molar-refractivity contribution < 1.29 is 17.7 Å². The van der Waals surface area contributed by atoms with Crippen LogP contribution in [0.3, 0.4) is 0 Å². The summed E-state index contributed by atoms with van der Waals surface area (Å²) in [6.45, 7) is 2.21. The van der Waals surface area contributed by atoms with Crippen molar-refractivity contribution in [2.45, 2.75) is 63.2 Å². The van der Waals surface area contributed by atoms with E-state index < -0.39 is 10.1 Å². The van der Waals surface area contributed by atoms with Crippen LogP contribution >= 0.6 is 0 Å². The Morgan fingerprint density at radius 2 is 1.54 bits per heavy atom. The first-order valence-electron chi connectivity index (χ1n) is 9.34. The minimum absolute atomic E-state index is 0.141. The number of benzene rings is 2. The second-order valence-corrected chi connectivity index (χ2v) is 7.93. The zero-order chi connectivity index (χ0) is 18.8. The van der Waals surface area contributed by atoms with Crippen molar-refractivity contribution in [2.24, 2.45) is 0 Å². The molecule has 0 saturated carbocycles. The molecule has 0 aromatic heterocycles. The van der Waals surface area contributed by atoms with Crippen LogP contribution in [0.25, 0.3) is 0 Å². The number of para-hydroxylation sites is 1. The number of rotatable bonds is 11. The SMILES string of the molecule is CCCCCCCCCc1ccc(Oc2ccccc2)c(S(=O)(=O)O)c1. The quantitative estimate of drug-likeness (QED) is 0.385. The van der Waals surface area contributed by atoms with E-state index in [9.17, 15) is 13.0 Å². The standard InChI is InChI=1S/C21H28O4S/c1-2-3-4-5-6-7-9-12-18-15-16-20(21(17-18)26(22,23)24)25-19-13-10-8-11-14-19/h8,10-11,13-17H,2-7,9,12H2,1H3,(H,22,23,24). The predicted octanol–water partition coefficient (Wildman–Crippen LogP) is 6.02. The van der Waals surface area contributed by atoms with Crippen LogP contribution in [0.2, 0.25) is 0 Å². The number of aryl methyl sites for hydroxylation is 1. The molecule has 0 radical (unpaired) electrons. The maximum atomic E-state index is 11.7. The zero-order valence-corrected chi connectivity index (χ0v) is 16.2. The highest BCUT2D eigenvalue weighted by molar-refractivity contribution is 7.86. The number of hydrogen-bond acceptors (Lipinski definition) is 3. The van der Waals surface area contributed by atoms with Gasteiger partial charge in [0.25, 0.3) is 10.1 Å². The Kier molecular flexibility index (Phi) is 8.13. The molecule has 5 heteroatoms. The number of hydrogen-bond donors (Lipinski definition) is 1. The van der Waals surface area contributed by atoms with Gasteiger partial charge in [-0.2, -0.15) is 8.42 Å². The van der Waals surface area contributed by atoms with Crippen molar-refractivity contribution in [3.05, 3.63) is 54.1 Å². The molecule has 1 N–H and O–H groups in total. The summed E-state index contributed by atoms with van der Waals surface area (Å²) < 4.78 is 38.7. The Labute approximate surface area is 157 Å². The van der Waals surface area contributed by atoms with Gasteiger partial charge in [-0.3, -0.25) is 4.55 Å². The molecule has 0 spiro atoms. The lowest BCUT2D eigenvalue weighted by Crippen LogP contribution is -2.02. The van der Waals surface area contributed by atoms with Crippen LogP contribution in [0, 0.1) is 0 Å². The Hall–Kier alpha value is -1.85. The molecule has 0 unspecified atom stereocenters. The maximum absolute atomic E-state index is 11.7. The van der Waals surface area contributed by atoms with Crippen molar-refractivity contribution in [3.8, 4) is 11.5 Å². The molecule has 0 fully saturated rings. The fourth-order valence-corrected chi connectivity index (χ4v) is 3.56. The maximum Gasteiger partial charge on any atom is 0.298 e. The van der Waals surface area contributed by atoms with Crippen LogP contribution < -0.4 is 4.74 Å². The molecular weight excluding hydrogens is 348 g/mol. The van der Waals surface area contributed by atoms with E-state index in [1.54, 1.807) is 30.3 Å². The molecule has 0 atom stereocenters. The van der Waals surface area contributed by atoms with Crippen LogP contribution in [0.5, 0.6) is 11.5 Å². The van der Waals surface area contributed by atoms with Gasteiger partial charge < -0.3 is 4.74 Å². The van der Waals surface area contributed by atoms with Gasteiger partial charge in [0.1, 0.15) is 16.4 Å². The van der Waals surface area contributed by atoms with Gasteiger partial charge in [-0.15, -0.1) is 0 Å². The molecule has 0 aliphatic heterocycles. The van der Waals surface area contributed by atoms with E-state index in [0.29, 0.717) is 5.75 Å². The minimum atomic E-state index is -4.35. The van der Waals surface area contributed by atoms with Crippen LogP contribution in [0.4, 0.5) is 0 Å². The Morgan fingerprint density at radius 1 is 0.885 bits per heavy atom. The first-order chi connectivity index (χ1) is 12.5. The highest BCUT2D eigenvalue weighted by Gasteiger charge is 2.18. The fraction of sp³-hybridized carbons (Fsp3) is 0.429. The highest BCUT2D eigenvalue weighted by atomic mass is 32.2. The third kappa shape index (κ3) is 6.81. The molecule has 0 bridgehead atoms. The van der Waals surface area contributed by atoms with Gasteiger partial charge in [0, 0.05) is 0 Å². The summed E-state index contributed by atoms with van der Waals surface area (Å²) in [4.78, 5) is -0.179. The van der Waals surface area contributed by atoms with Gasteiger partial charge in [0.05, 0.1) is 0 Å². The molecule has 0 amide bonds. The average molecular weight is 377 g/mol. The van der Waals surface area contributed by atoms with Gasteiger partial charge >= 0.3 is 0 Å². The summed E-state index contributed by atoms with van der Waals surface area (Å²) in [7, 11) is -4.35. The first-order valence-corrected chi connectivity index (χ1v) is 10.8. The van der Waals surface area contributed by atoms with Crippen molar-refractivity contribution >= 4 is 10.1 Å². The number of ether oxygens (including phenoxy) is 1. The lowest BCUT2D eigenvalue weighted by Gasteiger charge is -2.11. The molecule has 2 aromatic rings. The summed E-state index contributed by atoms with van der Waals surface area (Å²) in [6.07, 6.45) is 9.23. The normalized spacial score (nSPS) is 11.5. The van der Waals surface area contributed by atoms with Crippen LogP contribution in [-0.4, -0.2) is 13.0 Å². The molecule has 2 aromatic carbocycles. The Balaban J connectivity index is 1.99. The van der Waals surface area contributed by atoms with Crippen LogP contribution in [0.1, 0.15) is 57.4 Å².